The Hall–Kier alpha value is -1.69. The molecule has 0 aromatic carbocycles. The molecule has 0 rings (SSSR count). The molecule has 15 heavy (non-hydrogen) atoms. The molecule has 0 aromatic heterocycles. The molecule has 0 fully saturated rings. The minimum Gasteiger partial charge on any atom is -0.460 e. The van der Waals surface area contributed by atoms with Crippen LogP contribution in [-0.2, 0) is 23.9 Å². The lowest BCUT2D eigenvalue weighted by Gasteiger charge is -2.09. The molecule has 1 atom stereocenters. The van der Waals surface area contributed by atoms with Crippen molar-refractivity contribution in [3.05, 3.63) is 12.7 Å². The van der Waals surface area contributed by atoms with Gasteiger partial charge in [0.1, 0.15) is 19.3 Å². The second kappa shape index (κ2) is 6.72. The molecule has 0 radical (unpaired) electrons. The van der Waals surface area contributed by atoms with E-state index < -0.39 is 30.4 Å². The van der Waals surface area contributed by atoms with Crippen LogP contribution in [0, 0.1) is 0 Å². The first-order chi connectivity index (χ1) is 6.97. The molecule has 6 heteroatoms. The van der Waals surface area contributed by atoms with Crippen molar-refractivity contribution in [2.45, 2.75) is 13.0 Å². The van der Waals surface area contributed by atoms with Crippen molar-refractivity contribution in [1.29, 1.82) is 0 Å². The number of esters is 2. The van der Waals surface area contributed by atoms with Crippen LogP contribution in [0.15, 0.2) is 12.7 Å². The van der Waals surface area contributed by atoms with E-state index >= 15 is 0 Å². The standard InChI is InChI=1S/C9H12O6/c1-3-8(12)14-4-7(11)5-15-9(13)6(2)10/h3,7,11H,1,4-5H2,2H3. The molecule has 0 bridgehead atoms. The Morgan fingerprint density at radius 3 is 2.33 bits per heavy atom. The van der Waals surface area contributed by atoms with Crippen molar-refractivity contribution in [3.63, 3.8) is 0 Å². The molecule has 84 valence electrons. The minimum atomic E-state index is -1.16. The predicted octanol–water partition coefficient (Wildman–Crippen LogP) is -0.791. The van der Waals surface area contributed by atoms with Crippen molar-refractivity contribution < 1.29 is 29.0 Å². The van der Waals surface area contributed by atoms with E-state index in [2.05, 4.69) is 16.1 Å². The molecule has 0 aliphatic rings. The number of aliphatic hydroxyl groups excluding tert-OH is 1. The van der Waals surface area contributed by atoms with Gasteiger partial charge in [-0.3, -0.25) is 4.79 Å². The second-order valence-corrected chi connectivity index (χ2v) is 2.64. The Morgan fingerprint density at radius 1 is 1.33 bits per heavy atom. The Bertz CT molecular complexity index is 270. The monoisotopic (exact) mass is 216 g/mol. The van der Waals surface area contributed by atoms with Gasteiger partial charge in [0, 0.05) is 13.0 Å². The molecular weight excluding hydrogens is 204 g/mol. The number of hydrogen-bond acceptors (Lipinski definition) is 6. The molecule has 0 aromatic rings. The molecule has 0 saturated carbocycles. The van der Waals surface area contributed by atoms with E-state index in [9.17, 15) is 14.4 Å². The fraction of sp³-hybridized carbons (Fsp3) is 0.444. The van der Waals surface area contributed by atoms with Gasteiger partial charge in [-0.05, 0) is 0 Å². The van der Waals surface area contributed by atoms with Crippen molar-refractivity contribution in [3.8, 4) is 0 Å². The van der Waals surface area contributed by atoms with Gasteiger partial charge in [0.2, 0.25) is 5.78 Å². The van der Waals surface area contributed by atoms with Crippen molar-refractivity contribution in [2.75, 3.05) is 13.2 Å². The number of Topliss-reactive ketones (excluding diaryl/α,β-unsaturated/α-hetero) is 1. The van der Waals surface area contributed by atoms with Crippen LogP contribution >= 0.6 is 0 Å². The lowest BCUT2D eigenvalue weighted by atomic mass is 10.4. The van der Waals surface area contributed by atoms with Gasteiger partial charge in [-0.1, -0.05) is 6.58 Å². The number of carbonyl (C=O) groups excluding carboxylic acids is 3. The van der Waals surface area contributed by atoms with E-state index in [0.717, 1.165) is 13.0 Å². The average molecular weight is 216 g/mol. The molecule has 0 aliphatic heterocycles. The zero-order valence-corrected chi connectivity index (χ0v) is 8.26. The van der Waals surface area contributed by atoms with Crippen LogP contribution in [0.2, 0.25) is 0 Å². The van der Waals surface area contributed by atoms with Crippen LogP contribution in [0.4, 0.5) is 0 Å². The fourth-order valence-electron chi connectivity index (χ4n) is 0.559. The van der Waals surface area contributed by atoms with Gasteiger partial charge in [-0.15, -0.1) is 0 Å². The van der Waals surface area contributed by atoms with Gasteiger partial charge < -0.3 is 14.6 Å². The first-order valence-electron chi connectivity index (χ1n) is 4.12. The van der Waals surface area contributed by atoms with E-state index in [1.54, 1.807) is 0 Å². The van der Waals surface area contributed by atoms with E-state index in [0.29, 0.717) is 0 Å². The van der Waals surface area contributed by atoms with Gasteiger partial charge in [-0.25, -0.2) is 9.59 Å². The Kier molecular flexibility index (Phi) is 5.96. The van der Waals surface area contributed by atoms with Gasteiger partial charge >= 0.3 is 11.9 Å². The SMILES string of the molecule is C=CC(=O)OCC(O)COC(=O)C(C)=O. The highest BCUT2D eigenvalue weighted by molar-refractivity contribution is 6.32. The first-order valence-corrected chi connectivity index (χ1v) is 4.12. The smallest absolute Gasteiger partial charge is 0.374 e. The van der Waals surface area contributed by atoms with Crippen LogP contribution < -0.4 is 0 Å². The van der Waals surface area contributed by atoms with Crippen LogP contribution in [0.1, 0.15) is 6.92 Å². The number of carbonyl (C=O) groups is 3. The summed E-state index contributed by atoms with van der Waals surface area (Å²) in [6, 6.07) is 0. The molecule has 0 heterocycles. The third-order valence-electron chi connectivity index (χ3n) is 1.28. The Balaban J connectivity index is 3.70. The van der Waals surface area contributed by atoms with Crippen LogP contribution in [0.5, 0.6) is 0 Å². The largest absolute Gasteiger partial charge is 0.460 e. The fourth-order valence-corrected chi connectivity index (χ4v) is 0.559. The van der Waals surface area contributed by atoms with Crippen LogP contribution in [0.3, 0.4) is 0 Å². The summed E-state index contributed by atoms with van der Waals surface area (Å²) in [5.74, 6) is -2.48. The predicted molar refractivity (Wildman–Crippen MR) is 48.8 cm³/mol. The van der Waals surface area contributed by atoms with Crippen LogP contribution in [-0.4, -0.2) is 42.1 Å². The summed E-state index contributed by atoms with van der Waals surface area (Å²) in [4.78, 5) is 31.6. The highest BCUT2D eigenvalue weighted by Gasteiger charge is 2.13. The number of ether oxygens (including phenoxy) is 2. The summed E-state index contributed by atoms with van der Waals surface area (Å²) >= 11 is 0. The van der Waals surface area contributed by atoms with E-state index in [1.165, 1.54) is 0 Å². The molecule has 0 amide bonds. The summed E-state index contributed by atoms with van der Waals surface area (Å²) < 4.78 is 8.84. The highest BCUT2D eigenvalue weighted by Crippen LogP contribution is 1.90. The molecule has 0 aliphatic carbocycles. The highest BCUT2D eigenvalue weighted by atomic mass is 16.6. The first kappa shape index (κ1) is 13.3. The summed E-state index contributed by atoms with van der Waals surface area (Å²) in [7, 11) is 0. The number of aliphatic hydroxyl groups is 1. The zero-order chi connectivity index (χ0) is 11.8. The van der Waals surface area contributed by atoms with Crippen molar-refractivity contribution in [2.24, 2.45) is 0 Å². The van der Waals surface area contributed by atoms with E-state index in [4.69, 9.17) is 5.11 Å². The maximum Gasteiger partial charge on any atom is 0.374 e. The number of ketones is 1. The molecule has 0 saturated heterocycles. The Labute approximate surface area is 86.5 Å². The third kappa shape index (κ3) is 6.39. The summed E-state index contributed by atoms with van der Waals surface area (Å²) in [6.07, 6.45) is -0.217. The number of rotatable bonds is 6. The molecule has 1 unspecified atom stereocenters. The van der Waals surface area contributed by atoms with Gasteiger partial charge in [0.05, 0.1) is 0 Å². The molecular formula is C9H12O6. The van der Waals surface area contributed by atoms with Gasteiger partial charge in [0.15, 0.2) is 0 Å². The molecule has 6 nitrogen and oxygen atoms in total. The lowest BCUT2D eigenvalue weighted by molar-refractivity contribution is -0.156. The van der Waals surface area contributed by atoms with E-state index in [1.807, 2.05) is 0 Å². The van der Waals surface area contributed by atoms with Crippen LogP contribution in [0.25, 0.3) is 0 Å². The maximum atomic E-state index is 10.6. The van der Waals surface area contributed by atoms with Gasteiger partial charge in [0.25, 0.3) is 0 Å². The molecule has 0 spiro atoms. The van der Waals surface area contributed by atoms with E-state index in [-0.39, 0.29) is 6.61 Å². The number of hydrogen-bond donors (Lipinski definition) is 1. The topological polar surface area (TPSA) is 89.9 Å². The third-order valence-corrected chi connectivity index (χ3v) is 1.28. The average Bonchev–Trinajstić information content (AvgIpc) is 2.21. The Morgan fingerprint density at radius 2 is 1.87 bits per heavy atom. The quantitative estimate of drug-likeness (QED) is 0.355. The normalized spacial score (nSPS) is 11.3. The summed E-state index contributed by atoms with van der Waals surface area (Å²) in [5, 5.41) is 9.12. The van der Waals surface area contributed by atoms with Crippen molar-refractivity contribution >= 4 is 17.7 Å². The second-order valence-electron chi connectivity index (χ2n) is 2.64. The summed E-state index contributed by atoms with van der Waals surface area (Å²) in [6.45, 7) is 3.47. The molecule has 1 N–H and O–H groups in total. The zero-order valence-electron chi connectivity index (χ0n) is 8.26. The lowest BCUT2D eigenvalue weighted by Crippen LogP contribution is -2.26. The minimum absolute atomic E-state index is 0.323. The maximum absolute atomic E-state index is 10.6. The van der Waals surface area contributed by atoms with Crippen molar-refractivity contribution in [1.82, 2.24) is 0 Å². The summed E-state index contributed by atoms with van der Waals surface area (Å²) in [5.41, 5.74) is 0. The van der Waals surface area contributed by atoms with Gasteiger partial charge in [-0.2, -0.15) is 0 Å².